The van der Waals surface area contributed by atoms with E-state index in [0.29, 0.717) is 6.54 Å². The number of hydrogen-bond acceptors (Lipinski definition) is 6. The molecule has 0 atom stereocenters. The number of methoxy groups -OCH3 is 1. The average molecular weight is 278 g/mol. The van der Waals surface area contributed by atoms with Gasteiger partial charge in [-0.2, -0.15) is 5.10 Å². The first-order valence-electron chi connectivity index (χ1n) is 6.46. The second-order valence-corrected chi connectivity index (χ2v) is 4.62. The molecule has 108 valence electrons. The molecule has 0 aliphatic heterocycles. The van der Waals surface area contributed by atoms with E-state index in [4.69, 9.17) is 4.74 Å². The molecule has 2 aromatic heterocycles. The van der Waals surface area contributed by atoms with Crippen LogP contribution in [0.2, 0.25) is 0 Å². The van der Waals surface area contributed by atoms with Gasteiger partial charge < -0.3 is 4.74 Å². The second-order valence-electron chi connectivity index (χ2n) is 4.62. The smallest absolute Gasteiger partial charge is 0.360 e. The zero-order valence-corrected chi connectivity index (χ0v) is 12.1. The molecule has 20 heavy (non-hydrogen) atoms. The SMILES string of the molecule is CCn1ncnc1Cn1nnc(C(=O)OC)c1C(C)C. The van der Waals surface area contributed by atoms with Gasteiger partial charge in [-0.25, -0.2) is 19.1 Å². The van der Waals surface area contributed by atoms with Gasteiger partial charge in [-0.1, -0.05) is 19.1 Å². The van der Waals surface area contributed by atoms with Crippen LogP contribution in [0, 0.1) is 0 Å². The van der Waals surface area contributed by atoms with E-state index in [0.717, 1.165) is 18.1 Å². The van der Waals surface area contributed by atoms with E-state index in [1.165, 1.54) is 13.4 Å². The number of hydrogen-bond donors (Lipinski definition) is 0. The lowest BCUT2D eigenvalue weighted by Crippen LogP contribution is -2.15. The highest BCUT2D eigenvalue weighted by Gasteiger charge is 2.23. The summed E-state index contributed by atoms with van der Waals surface area (Å²) in [4.78, 5) is 15.9. The Kier molecular flexibility index (Phi) is 4.11. The van der Waals surface area contributed by atoms with Crippen LogP contribution in [0.4, 0.5) is 0 Å². The normalized spacial score (nSPS) is 11.1. The summed E-state index contributed by atoms with van der Waals surface area (Å²) in [5, 5.41) is 12.1. The molecule has 0 fully saturated rings. The molecule has 0 unspecified atom stereocenters. The van der Waals surface area contributed by atoms with Gasteiger partial charge in [0.05, 0.1) is 12.8 Å². The molecule has 2 rings (SSSR count). The Bertz CT molecular complexity index is 601. The molecular formula is C12H18N6O2. The van der Waals surface area contributed by atoms with Crippen LogP contribution in [0.15, 0.2) is 6.33 Å². The largest absolute Gasteiger partial charge is 0.464 e. The molecule has 0 aromatic carbocycles. The number of nitrogens with zero attached hydrogens (tertiary/aromatic N) is 6. The highest BCUT2D eigenvalue weighted by Crippen LogP contribution is 2.19. The number of rotatable bonds is 5. The summed E-state index contributed by atoms with van der Waals surface area (Å²) in [7, 11) is 1.33. The number of aryl methyl sites for hydroxylation is 1. The Morgan fingerprint density at radius 1 is 1.40 bits per heavy atom. The van der Waals surface area contributed by atoms with Gasteiger partial charge in [0.2, 0.25) is 0 Å². The molecule has 0 aliphatic carbocycles. The Hall–Kier alpha value is -2.25. The van der Waals surface area contributed by atoms with Crippen molar-refractivity contribution in [3.8, 4) is 0 Å². The summed E-state index contributed by atoms with van der Waals surface area (Å²) < 4.78 is 8.19. The van der Waals surface area contributed by atoms with Crippen molar-refractivity contribution in [1.82, 2.24) is 29.8 Å². The van der Waals surface area contributed by atoms with Crippen molar-refractivity contribution in [3.05, 3.63) is 23.5 Å². The maximum absolute atomic E-state index is 11.7. The Morgan fingerprint density at radius 3 is 2.75 bits per heavy atom. The van der Waals surface area contributed by atoms with Crippen molar-refractivity contribution >= 4 is 5.97 Å². The fourth-order valence-electron chi connectivity index (χ4n) is 2.06. The molecule has 0 bridgehead atoms. The molecule has 0 saturated heterocycles. The number of ether oxygens (including phenoxy) is 1. The lowest BCUT2D eigenvalue weighted by atomic mass is 10.1. The molecule has 0 amide bonds. The molecule has 2 aromatic rings. The predicted octanol–water partition coefficient (Wildman–Crippen LogP) is 0.848. The zero-order chi connectivity index (χ0) is 14.7. The summed E-state index contributed by atoms with van der Waals surface area (Å²) in [6, 6.07) is 0. The number of esters is 1. The van der Waals surface area contributed by atoms with Crippen molar-refractivity contribution in [2.45, 2.75) is 39.8 Å². The van der Waals surface area contributed by atoms with Crippen LogP contribution >= 0.6 is 0 Å². The summed E-state index contributed by atoms with van der Waals surface area (Å²) in [6.45, 7) is 7.09. The fraction of sp³-hybridized carbons (Fsp3) is 0.583. The van der Waals surface area contributed by atoms with E-state index < -0.39 is 5.97 Å². The van der Waals surface area contributed by atoms with Crippen LogP contribution < -0.4 is 0 Å². The van der Waals surface area contributed by atoms with Gasteiger partial charge in [-0.3, -0.25) is 0 Å². The van der Waals surface area contributed by atoms with Crippen LogP contribution in [0.3, 0.4) is 0 Å². The summed E-state index contributed by atoms with van der Waals surface area (Å²) in [5.74, 6) is 0.393. The minimum Gasteiger partial charge on any atom is -0.464 e. The van der Waals surface area contributed by atoms with Gasteiger partial charge in [0.25, 0.3) is 0 Å². The monoisotopic (exact) mass is 278 g/mol. The Balaban J connectivity index is 2.37. The third-order valence-corrected chi connectivity index (χ3v) is 2.99. The molecule has 8 heteroatoms. The molecule has 0 radical (unpaired) electrons. The molecular weight excluding hydrogens is 260 g/mol. The van der Waals surface area contributed by atoms with Crippen LogP contribution in [-0.4, -0.2) is 42.8 Å². The molecule has 8 nitrogen and oxygen atoms in total. The standard InChI is InChI=1S/C12H18N6O2/c1-5-17-9(13-7-14-17)6-18-11(8(2)3)10(15-16-18)12(19)20-4/h7-8H,5-6H2,1-4H3. The van der Waals surface area contributed by atoms with Gasteiger partial charge in [-0.15, -0.1) is 5.10 Å². The number of carbonyl (C=O) groups is 1. The lowest BCUT2D eigenvalue weighted by Gasteiger charge is -2.10. The lowest BCUT2D eigenvalue weighted by molar-refractivity contribution is 0.0592. The first-order chi connectivity index (χ1) is 9.58. The molecule has 0 spiro atoms. The maximum Gasteiger partial charge on any atom is 0.360 e. The molecule has 0 N–H and O–H groups in total. The quantitative estimate of drug-likeness (QED) is 0.753. The molecule has 0 saturated carbocycles. The van der Waals surface area contributed by atoms with Crippen LogP contribution in [0.5, 0.6) is 0 Å². The second kappa shape index (κ2) is 5.81. The van der Waals surface area contributed by atoms with E-state index in [1.54, 1.807) is 9.36 Å². The van der Waals surface area contributed by atoms with Crippen molar-refractivity contribution < 1.29 is 9.53 Å². The minimum atomic E-state index is -0.475. The average Bonchev–Trinajstić information content (AvgIpc) is 3.04. The van der Waals surface area contributed by atoms with Gasteiger partial charge in [0, 0.05) is 6.54 Å². The molecule has 0 aliphatic rings. The van der Waals surface area contributed by atoms with E-state index in [9.17, 15) is 4.79 Å². The predicted molar refractivity (Wildman–Crippen MR) is 70.2 cm³/mol. The van der Waals surface area contributed by atoms with Crippen molar-refractivity contribution in [3.63, 3.8) is 0 Å². The van der Waals surface area contributed by atoms with Crippen LogP contribution in [0.1, 0.15) is 48.7 Å². The van der Waals surface area contributed by atoms with Crippen molar-refractivity contribution in [2.75, 3.05) is 7.11 Å². The Morgan fingerprint density at radius 2 is 2.15 bits per heavy atom. The summed E-state index contributed by atoms with van der Waals surface area (Å²) in [6.07, 6.45) is 1.51. The topological polar surface area (TPSA) is 87.7 Å². The highest BCUT2D eigenvalue weighted by atomic mass is 16.5. The summed E-state index contributed by atoms with van der Waals surface area (Å²) in [5.41, 5.74) is 0.993. The van der Waals surface area contributed by atoms with Gasteiger partial charge in [0.15, 0.2) is 5.69 Å². The van der Waals surface area contributed by atoms with Crippen LogP contribution in [-0.2, 0) is 17.8 Å². The highest BCUT2D eigenvalue weighted by molar-refractivity contribution is 5.88. The first-order valence-corrected chi connectivity index (χ1v) is 6.46. The van der Waals surface area contributed by atoms with Crippen LogP contribution in [0.25, 0.3) is 0 Å². The maximum atomic E-state index is 11.7. The minimum absolute atomic E-state index is 0.0945. The van der Waals surface area contributed by atoms with E-state index in [2.05, 4.69) is 20.4 Å². The fourth-order valence-corrected chi connectivity index (χ4v) is 2.06. The Labute approximate surface area is 116 Å². The van der Waals surface area contributed by atoms with Gasteiger partial charge in [-0.05, 0) is 12.8 Å². The van der Waals surface area contributed by atoms with Crippen molar-refractivity contribution in [2.24, 2.45) is 0 Å². The number of aromatic nitrogens is 6. The molecule has 2 heterocycles. The van der Waals surface area contributed by atoms with Crippen molar-refractivity contribution in [1.29, 1.82) is 0 Å². The zero-order valence-electron chi connectivity index (χ0n) is 12.1. The van der Waals surface area contributed by atoms with E-state index in [-0.39, 0.29) is 11.6 Å². The third-order valence-electron chi connectivity index (χ3n) is 2.99. The third kappa shape index (κ3) is 2.54. The first kappa shape index (κ1) is 14.2. The van der Waals surface area contributed by atoms with Gasteiger partial charge in [0.1, 0.15) is 18.7 Å². The number of carbonyl (C=O) groups excluding carboxylic acids is 1. The van der Waals surface area contributed by atoms with E-state index >= 15 is 0 Å². The van der Waals surface area contributed by atoms with Gasteiger partial charge >= 0.3 is 5.97 Å². The van der Waals surface area contributed by atoms with E-state index in [1.807, 2.05) is 20.8 Å². The summed E-state index contributed by atoms with van der Waals surface area (Å²) >= 11 is 0.